The Balaban J connectivity index is 1.49. The van der Waals surface area contributed by atoms with Crippen molar-refractivity contribution >= 4 is 29.1 Å². The van der Waals surface area contributed by atoms with Crippen LogP contribution in [0.4, 0.5) is 0 Å². The number of hydrogen-bond donors (Lipinski definition) is 1. The minimum absolute atomic E-state index is 0.00309. The SMILES string of the molecule is N#CN1[C@@H]2CC[C@H]1[C@@H](NC(=O)c1ccn(-c3cc(Cl)cc(Cl)c3)n1)C2. The summed E-state index contributed by atoms with van der Waals surface area (Å²) in [7, 11) is 0. The maximum atomic E-state index is 12.5. The van der Waals surface area contributed by atoms with Gasteiger partial charge in [0, 0.05) is 22.3 Å². The molecule has 0 radical (unpaired) electrons. The van der Waals surface area contributed by atoms with Crippen molar-refractivity contribution in [3.05, 3.63) is 46.2 Å². The molecular formula is C17H15Cl2N5O. The molecule has 2 aliphatic rings. The largest absolute Gasteiger partial charge is 0.346 e. The first-order valence-electron chi connectivity index (χ1n) is 8.06. The molecule has 3 heterocycles. The fourth-order valence-electron chi connectivity index (χ4n) is 3.80. The second-order valence-electron chi connectivity index (χ2n) is 6.39. The number of carbonyl (C=O) groups is 1. The number of aromatic nitrogens is 2. The molecule has 6 nitrogen and oxygen atoms in total. The zero-order valence-electron chi connectivity index (χ0n) is 13.2. The molecule has 0 spiro atoms. The maximum absolute atomic E-state index is 12.5. The van der Waals surface area contributed by atoms with E-state index in [0.29, 0.717) is 21.4 Å². The molecule has 25 heavy (non-hydrogen) atoms. The minimum Gasteiger partial charge on any atom is -0.346 e. The first kappa shape index (κ1) is 16.2. The number of nitrogens with one attached hydrogen (secondary N) is 1. The number of rotatable bonds is 3. The molecule has 4 rings (SSSR count). The highest BCUT2D eigenvalue weighted by atomic mass is 35.5. The molecule has 1 aromatic carbocycles. The van der Waals surface area contributed by atoms with Crippen LogP contribution in [0.15, 0.2) is 30.5 Å². The molecule has 0 saturated carbocycles. The van der Waals surface area contributed by atoms with Crippen LogP contribution in [-0.2, 0) is 0 Å². The van der Waals surface area contributed by atoms with Crippen molar-refractivity contribution in [3.8, 4) is 11.9 Å². The van der Waals surface area contributed by atoms with Crippen LogP contribution in [0.25, 0.3) is 5.69 Å². The number of fused-ring (bicyclic) bond motifs is 2. The van der Waals surface area contributed by atoms with E-state index in [1.54, 1.807) is 35.1 Å². The zero-order chi connectivity index (χ0) is 17.6. The summed E-state index contributed by atoms with van der Waals surface area (Å²) >= 11 is 12.0. The lowest BCUT2D eigenvalue weighted by Gasteiger charge is -2.21. The van der Waals surface area contributed by atoms with Gasteiger partial charge in [-0.15, -0.1) is 0 Å². The van der Waals surface area contributed by atoms with Crippen molar-refractivity contribution in [2.24, 2.45) is 0 Å². The number of hydrogen-bond acceptors (Lipinski definition) is 4. The van der Waals surface area contributed by atoms with Crippen LogP contribution >= 0.6 is 23.2 Å². The second kappa shape index (κ2) is 6.25. The summed E-state index contributed by atoms with van der Waals surface area (Å²) in [5.74, 6) is -0.234. The van der Waals surface area contributed by atoms with Crippen molar-refractivity contribution in [1.82, 2.24) is 20.0 Å². The molecule has 2 aromatic rings. The molecule has 0 unspecified atom stereocenters. The summed E-state index contributed by atoms with van der Waals surface area (Å²) in [6, 6.07) is 7.10. The van der Waals surface area contributed by atoms with Crippen molar-refractivity contribution < 1.29 is 4.79 Å². The van der Waals surface area contributed by atoms with Gasteiger partial charge in [0.2, 0.25) is 0 Å². The molecule has 2 fully saturated rings. The highest BCUT2D eigenvalue weighted by molar-refractivity contribution is 6.34. The first-order chi connectivity index (χ1) is 12.0. The van der Waals surface area contributed by atoms with Crippen LogP contribution in [0.1, 0.15) is 29.8 Å². The van der Waals surface area contributed by atoms with Gasteiger partial charge in [0.25, 0.3) is 5.91 Å². The van der Waals surface area contributed by atoms with E-state index in [1.807, 2.05) is 4.90 Å². The molecule has 2 bridgehead atoms. The van der Waals surface area contributed by atoms with Gasteiger partial charge in [0.15, 0.2) is 11.9 Å². The highest BCUT2D eigenvalue weighted by Crippen LogP contribution is 2.37. The van der Waals surface area contributed by atoms with Gasteiger partial charge >= 0.3 is 0 Å². The Bertz CT molecular complexity index is 854. The normalized spacial score (nSPS) is 24.4. The average Bonchev–Trinajstić information content (AvgIpc) is 3.27. The van der Waals surface area contributed by atoms with Crippen LogP contribution in [0.5, 0.6) is 0 Å². The predicted molar refractivity (Wildman–Crippen MR) is 93.7 cm³/mol. The molecule has 3 atom stereocenters. The fraction of sp³-hybridized carbons (Fsp3) is 0.353. The highest BCUT2D eigenvalue weighted by Gasteiger charge is 2.46. The lowest BCUT2D eigenvalue weighted by Crippen LogP contribution is -2.43. The number of nitriles is 1. The quantitative estimate of drug-likeness (QED) is 0.836. The Morgan fingerprint density at radius 2 is 2.04 bits per heavy atom. The maximum Gasteiger partial charge on any atom is 0.272 e. The number of carbonyl (C=O) groups excluding carboxylic acids is 1. The van der Waals surface area contributed by atoms with Gasteiger partial charge in [-0.3, -0.25) is 4.79 Å². The van der Waals surface area contributed by atoms with E-state index in [-0.39, 0.29) is 24.0 Å². The van der Waals surface area contributed by atoms with Crippen LogP contribution in [0, 0.1) is 11.5 Å². The zero-order valence-corrected chi connectivity index (χ0v) is 14.7. The third kappa shape index (κ3) is 2.94. The van der Waals surface area contributed by atoms with E-state index in [1.165, 1.54) is 0 Å². The standard InChI is InChI=1S/C17H15Cl2N5O/c18-10-5-11(19)7-13(6-10)24-4-3-14(22-24)17(25)21-15-8-12-1-2-16(15)23(12)9-20/h3-7,12,15-16H,1-2,8H2,(H,21,25)/t12-,15+,16+/m1/s1. The molecule has 8 heteroatoms. The van der Waals surface area contributed by atoms with Crippen molar-refractivity contribution in [2.45, 2.75) is 37.4 Å². The predicted octanol–water partition coefficient (Wildman–Crippen LogP) is 3.00. The van der Waals surface area contributed by atoms with E-state index >= 15 is 0 Å². The lowest BCUT2D eigenvalue weighted by atomic mass is 9.95. The number of benzene rings is 1. The number of amides is 1. The van der Waals surface area contributed by atoms with E-state index in [9.17, 15) is 10.1 Å². The van der Waals surface area contributed by atoms with Crippen LogP contribution < -0.4 is 5.32 Å². The Morgan fingerprint density at radius 3 is 2.72 bits per heavy atom. The lowest BCUT2D eigenvalue weighted by molar-refractivity contribution is 0.0923. The smallest absolute Gasteiger partial charge is 0.272 e. The third-order valence-electron chi connectivity index (χ3n) is 4.90. The van der Waals surface area contributed by atoms with Crippen LogP contribution in [-0.4, -0.2) is 38.7 Å². The summed E-state index contributed by atoms with van der Waals surface area (Å²) in [5.41, 5.74) is 1.01. The molecule has 2 aliphatic heterocycles. The number of nitrogens with zero attached hydrogens (tertiary/aromatic N) is 4. The van der Waals surface area contributed by atoms with Gasteiger partial charge in [-0.2, -0.15) is 10.4 Å². The van der Waals surface area contributed by atoms with E-state index in [2.05, 4.69) is 16.6 Å². The summed E-state index contributed by atoms with van der Waals surface area (Å²) in [4.78, 5) is 14.3. The average molecular weight is 376 g/mol. The van der Waals surface area contributed by atoms with Gasteiger partial charge in [0.1, 0.15) is 0 Å². The van der Waals surface area contributed by atoms with Gasteiger partial charge < -0.3 is 10.2 Å². The van der Waals surface area contributed by atoms with Crippen molar-refractivity contribution in [1.29, 1.82) is 5.26 Å². The van der Waals surface area contributed by atoms with Gasteiger partial charge in [-0.05, 0) is 43.5 Å². The first-order valence-corrected chi connectivity index (χ1v) is 8.82. The Kier molecular flexibility index (Phi) is 4.06. The summed E-state index contributed by atoms with van der Waals surface area (Å²) in [6.45, 7) is 0. The molecule has 1 aromatic heterocycles. The Morgan fingerprint density at radius 1 is 1.28 bits per heavy atom. The van der Waals surface area contributed by atoms with E-state index < -0.39 is 0 Å². The van der Waals surface area contributed by atoms with E-state index in [0.717, 1.165) is 19.3 Å². The summed E-state index contributed by atoms with van der Waals surface area (Å²) < 4.78 is 1.56. The van der Waals surface area contributed by atoms with Crippen LogP contribution in [0.3, 0.4) is 0 Å². The van der Waals surface area contributed by atoms with E-state index in [4.69, 9.17) is 23.2 Å². The van der Waals surface area contributed by atoms with Crippen molar-refractivity contribution in [2.75, 3.05) is 0 Å². The fourth-order valence-corrected chi connectivity index (χ4v) is 4.32. The molecule has 1 N–H and O–H groups in total. The summed E-state index contributed by atoms with van der Waals surface area (Å²) in [6.07, 6.45) is 6.72. The molecule has 128 valence electrons. The Labute approximate surface area is 154 Å². The summed E-state index contributed by atoms with van der Waals surface area (Å²) in [5, 5.41) is 17.6. The molecular weight excluding hydrogens is 361 g/mol. The second-order valence-corrected chi connectivity index (χ2v) is 7.27. The van der Waals surface area contributed by atoms with Crippen molar-refractivity contribution in [3.63, 3.8) is 0 Å². The molecule has 1 amide bonds. The topological polar surface area (TPSA) is 74.0 Å². The molecule has 2 saturated heterocycles. The number of halogens is 2. The van der Waals surface area contributed by atoms with Gasteiger partial charge in [-0.1, -0.05) is 23.2 Å². The van der Waals surface area contributed by atoms with Gasteiger partial charge in [0.05, 0.1) is 17.8 Å². The molecule has 0 aliphatic carbocycles. The third-order valence-corrected chi connectivity index (χ3v) is 5.34. The van der Waals surface area contributed by atoms with Gasteiger partial charge in [-0.25, -0.2) is 4.68 Å². The monoisotopic (exact) mass is 375 g/mol. The van der Waals surface area contributed by atoms with Crippen LogP contribution in [0.2, 0.25) is 10.0 Å². The minimum atomic E-state index is -0.234. The Hall–Kier alpha value is -2.23.